The Morgan fingerprint density at radius 2 is 1.52 bits per heavy atom. The van der Waals surface area contributed by atoms with Gasteiger partial charge in [-0.05, 0) is 50.2 Å². The summed E-state index contributed by atoms with van der Waals surface area (Å²) in [5.74, 6) is 0.0579. The Morgan fingerprint density at radius 1 is 0.931 bits per heavy atom. The van der Waals surface area contributed by atoms with Gasteiger partial charge in [0.25, 0.3) is 0 Å². The molecule has 7 nitrogen and oxygen atoms in total. The van der Waals surface area contributed by atoms with Crippen LogP contribution in [0.4, 0.5) is 17.1 Å². The first-order valence-electron chi connectivity index (χ1n) is 9.47. The Balaban J connectivity index is 2.01. The molecule has 154 valence electrons. The van der Waals surface area contributed by atoms with Crippen molar-refractivity contribution >= 4 is 34.8 Å². The summed E-state index contributed by atoms with van der Waals surface area (Å²) in [6.45, 7) is 6.95. The summed E-state index contributed by atoms with van der Waals surface area (Å²) in [5.41, 5.74) is 1.91. The number of carbonyl (C=O) groups is 3. The Labute approximate surface area is 171 Å². The minimum atomic E-state index is -0.217. The van der Waals surface area contributed by atoms with Crippen molar-refractivity contribution in [1.82, 2.24) is 0 Å². The Kier molecular flexibility index (Phi) is 7.77. The molecule has 0 saturated carbocycles. The van der Waals surface area contributed by atoms with Crippen LogP contribution >= 0.6 is 0 Å². The van der Waals surface area contributed by atoms with Crippen molar-refractivity contribution in [2.24, 2.45) is 0 Å². The van der Waals surface area contributed by atoms with Gasteiger partial charge in [0.05, 0.1) is 11.8 Å². The van der Waals surface area contributed by atoms with Crippen molar-refractivity contribution in [3.63, 3.8) is 0 Å². The monoisotopic (exact) mass is 397 g/mol. The molecular weight excluding hydrogens is 370 g/mol. The normalized spacial score (nSPS) is 10.4. The number of anilines is 3. The average molecular weight is 397 g/mol. The SMILES string of the molecule is CC(=O)Nc1ccc(NC(=O)CCN(C(C)=O)c2ccccc2OC(C)C)cc1. The number of amides is 3. The maximum atomic E-state index is 12.3. The van der Waals surface area contributed by atoms with Crippen LogP contribution in [0.15, 0.2) is 48.5 Å². The molecule has 0 aliphatic rings. The van der Waals surface area contributed by atoms with Crippen LogP contribution in [0, 0.1) is 0 Å². The van der Waals surface area contributed by atoms with Crippen molar-refractivity contribution in [1.29, 1.82) is 0 Å². The van der Waals surface area contributed by atoms with Crippen LogP contribution in [0.25, 0.3) is 0 Å². The summed E-state index contributed by atoms with van der Waals surface area (Å²) in [6.07, 6.45) is 0.0944. The summed E-state index contributed by atoms with van der Waals surface area (Å²) in [5, 5.41) is 5.46. The van der Waals surface area contributed by atoms with Gasteiger partial charge in [-0.15, -0.1) is 0 Å². The topological polar surface area (TPSA) is 87.7 Å². The summed E-state index contributed by atoms with van der Waals surface area (Å²) >= 11 is 0. The number of carbonyl (C=O) groups excluding carboxylic acids is 3. The second-order valence-electron chi connectivity index (χ2n) is 6.86. The predicted octanol–water partition coefficient (Wildman–Crippen LogP) is 3.81. The minimum Gasteiger partial charge on any atom is -0.489 e. The highest BCUT2D eigenvalue weighted by Crippen LogP contribution is 2.29. The molecule has 0 spiro atoms. The first-order chi connectivity index (χ1) is 13.8. The minimum absolute atomic E-state index is 0.0336. The second-order valence-corrected chi connectivity index (χ2v) is 6.86. The first kappa shape index (κ1) is 21.9. The predicted molar refractivity (Wildman–Crippen MR) is 114 cm³/mol. The van der Waals surface area contributed by atoms with Gasteiger partial charge in [-0.25, -0.2) is 0 Å². The molecule has 0 aliphatic heterocycles. The van der Waals surface area contributed by atoms with Gasteiger partial charge in [-0.1, -0.05) is 12.1 Å². The molecule has 0 heterocycles. The van der Waals surface area contributed by atoms with Crippen molar-refractivity contribution < 1.29 is 19.1 Å². The van der Waals surface area contributed by atoms with Crippen molar-refractivity contribution in [2.75, 3.05) is 22.1 Å². The van der Waals surface area contributed by atoms with E-state index < -0.39 is 0 Å². The third-order valence-corrected chi connectivity index (χ3v) is 3.95. The molecule has 2 aromatic carbocycles. The lowest BCUT2D eigenvalue weighted by molar-refractivity contribution is -0.117. The number of hydrogen-bond acceptors (Lipinski definition) is 4. The first-order valence-corrected chi connectivity index (χ1v) is 9.47. The lowest BCUT2D eigenvalue weighted by atomic mass is 10.2. The molecule has 0 saturated heterocycles. The molecule has 2 aromatic rings. The standard InChI is InChI=1S/C22H27N3O4/c1-15(2)29-21-8-6-5-7-20(21)25(17(4)27)14-13-22(28)24-19-11-9-18(10-12-19)23-16(3)26/h5-12,15H,13-14H2,1-4H3,(H,23,26)(H,24,28). The van der Waals surface area contributed by atoms with E-state index in [9.17, 15) is 14.4 Å². The lowest BCUT2D eigenvalue weighted by Gasteiger charge is -2.24. The molecule has 0 fully saturated rings. The van der Waals surface area contributed by atoms with E-state index in [2.05, 4.69) is 10.6 Å². The number of para-hydroxylation sites is 2. The number of ether oxygens (including phenoxy) is 1. The van der Waals surface area contributed by atoms with E-state index >= 15 is 0 Å². The lowest BCUT2D eigenvalue weighted by Crippen LogP contribution is -2.32. The van der Waals surface area contributed by atoms with Crippen molar-refractivity contribution in [2.45, 2.75) is 40.2 Å². The zero-order valence-electron chi connectivity index (χ0n) is 17.2. The smallest absolute Gasteiger partial charge is 0.226 e. The number of hydrogen-bond donors (Lipinski definition) is 2. The van der Waals surface area contributed by atoms with Gasteiger partial charge in [-0.2, -0.15) is 0 Å². The highest BCUT2D eigenvalue weighted by Gasteiger charge is 2.18. The molecule has 7 heteroatoms. The van der Waals surface area contributed by atoms with E-state index in [0.717, 1.165) is 0 Å². The van der Waals surface area contributed by atoms with Gasteiger partial charge in [0.1, 0.15) is 5.75 Å². The van der Waals surface area contributed by atoms with E-state index in [4.69, 9.17) is 4.74 Å². The Morgan fingerprint density at radius 3 is 2.07 bits per heavy atom. The fourth-order valence-electron chi connectivity index (χ4n) is 2.76. The van der Waals surface area contributed by atoms with E-state index in [1.165, 1.54) is 18.7 Å². The molecule has 29 heavy (non-hydrogen) atoms. The van der Waals surface area contributed by atoms with Crippen molar-refractivity contribution in [3.05, 3.63) is 48.5 Å². The van der Waals surface area contributed by atoms with Crippen LogP contribution in [0.3, 0.4) is 0 Å². The van der Waals surface area contributed by atoms with Crippen LogP contribution in [-0.4, -0.2) is 30.4 Å². The number of nitrogens with zero attached hydrogens (tertiary/aromatic N) is 1. The largest absolute Gasteiger partial charge is 0.489 e. The summed E-state index contributed by atoms with van der Waals surface area (Å²) in [7, 11) is 0. The maximum Gasteiger partial charge on any atom is 0.226 e. The van der Waals surface area contributed by atoms with E-state index in [-0.39, 0.29) is 36.8 Å². The Bertz CT molecular complexity index is 863. The molecule has 0 unspecified atom stereocenters. The quantitative estimate of drug-likeness (QED) is 0.709. The van der Waals surface area contributed by atoms with E-state index in [0.29, 0.717) is 22.8 Å². The fourth-order valence-corrected chi connectivity index (χ4v) is 2.76. The highest BCUT2D eigenvalue weighted by molar-refractivity contribution is 5.96. The zero-order valence-corrected chi connectivity index (χ0v) is 17.2. The van der Waals surface area contributed by atoms with Crippen LogP contribution in [0.1, 0.15) is 34.1 Å². The van der Waals surface area contributed by atoms with Gasteiger partial charge in [-0.3, -0.25) is 14.4 Å². The van der Waals surface area contributed by atoms with Gasteiger partial charge >= 0.3 is 0 Å². The third-order valence-electron chi connectivity index (χ3n) is 3.95. The summed E-state index contributed by atoms with van der Waals surface area (Å²) in [4.78, 5) is 37.1. The maximum absolute atomic E-state index is 12.3. The number of benzene rings is 2. The highest BCUT2D eigenvalue weighted by atomic mass is 16.5. The zero-order chi connectivity index (χ0) is 21.4. The fraction of sp³-hybridized carbons (Fsp3) is 0.318. The second kappa shape index (κ2) is 10.3. The summed E-state index contributed by atoms with van der Waals surface area (Å²) in [6, 6.07) is 14.1. The number of rotatable bonds is 8. The molecule has 0 aliphatic carbocycles. The van der Waals surface area contributed by atoms with Crippen LogP contribution in [-0.2, 0) is 14.4 Å². The van der Waals surface area contributed by atoms with E-state index in [1.54, 1.807) is 30.3 Å². The average Bonchev–Trinajstić information content (AvgIpc) is 2.63. The molecule has 3 amide bonds. The van der Waals surface area contributed by atoms with Crippen molar-refractivity contribution in [3.8, 4) is 5.75 Å². The summed E-state index contributed by atoms with van der Waals surface area (Å²) < 4.78 is 5.79. The third kappa shape index (κ3) is 6.95. The van der Waals surface area contributed by atoms with Crippen LogP contribution in [0.2, 0.25) is 0 Å². The van der Waals surface area contributed by atoms with E-state index in [1.807, 2.05) is 32.0 Å². The van der Waals surface area contributed by atoms with Gasteiger partial charge in [0, 0.05) is 38.2 Å². The molecule has 2 N–H and O–H groups in total. The molecule has 2 rings (SSSR count). The molecule has 0 atom stereocenters. The van der Waals surface area contributed by atoms with Gasteiger partial charge in [0.2, 0.25) is 17.7 Å². The van der Waals surface area contributed by atoms with Crippen LogP contribution in [0.5, 0.6) is 5.75 Å². The molecule has 0 aromatic heterocycles. The molecule has 0 bridgehead atoms. The van der Waals surface area contributed by atoms with Gasteiger partial charge in [0.15, 0.2) is 0 Å². The molecule has 0 radical (unpaired) electrons. The van der Waals surface area contributed by atoms with Gasteiger partial charge < -0.3 is 20.3 Å². The molecular formula is C22H27N3O4. The number of nitrogens with one attached hydrogen (secondary N) is 2. The van der Waals surface area contributed by atoms with Crippen LogP contribution < -0.4 is 20.3 Å². The Hall–Kier alpha value is -3.35.